The zero-order valence-electron chi connectivity index (χ0n) is 11.6. The molecule has 0 saturated heterocycles. The summed E-state index contributed by atoms with van der Waals surface area (Å²) < 4.78 is 0. The van der Waals surface area contributed by atoms with Crippen LogP contribution in [0.2, 0.25) is 0 Å². The smallest absolute Gasteiger partial charge is 0.335 e. The molecule has 0 aliphatic rings. The van der Waals surface area contributed by atoms with E-state index in [0.29, 0.717) is 5.56 Å². The molecule has 2 aromatic rings. The van der Waals surface area contributed by atoms with Crippen molar-refractivity contribution in [3.05, 3.63) is 64.7 Å². The van der Waals surface area contributed by atoms with Crippen LogP contribution < -0.4 is 0 Å². The van der Waals surface area contributed by atoms with Crippen LogP contribution in [0.3, 0.4) is 0 Å². The zero-order valence-corrected chi connectivity index (χ0v) is 11.6. The summed E-state index contributed by atoms with van der Waals surface area (Å²) in [4.78, 5) is 11.3. The highest BCUT2D eigenvalue weighted by atomic mass is 16.4. The minimum atomic E-state index is -0.975. The van der Waals surface area contributed by atoms with E-state index in [0.717, 1.165) is 12.0 Å². The number of hydrogen-bond acceptors (Lipinski definition) is 2. The molecule has 0 saturated carbocycles. The van der Waals surface area contributed by atoms with Gasteiger partial charge in [0.1, 0.15) is 5.75 Å². The van der Waals surface area contributed by atoms with Crippen molar-refractivity contribution in [1.82, 2.24) is 0 Å². The number of aromatic hydroxyl groups is 1. The fraction of sp³-hybridized carbons (Fsp3) is 0.235. The molecule has 20 heavy (non-hydrogen) atoms. The Bertz CT molecular complexity index is 615. The number of benzene rings is 2. The largest absolute Gasteiger partial charge is 0.508 e. The molecule has 0 aliphatic heterocycles. The van der Waals surface area contributed by atoms with Gasteiger partial charge in [0.05, 0.1) is 5.56 Å². The Morgan fingerprint density at radius 2 is 1.80 bits per heavy atom. The maximum Gasteiger partial charge on any atom is 0.335 e. The number of carbonyl (C=O) groups is 1. The molecular formula is C17H18O3. The van der Waals surface area contributed by atoms with Crippen molar-refractivity contribution >= 4 is 5.97 Å². The molecule has 2 aromatic carbocycles. The van der Waals surface area contributed by atoms with Gasteiger partial charge in [-0.1, -0.05) is 38.1 Å². The molecule has 0 heterocycles. The Balaban J connectivity index is 2.43. The molecule has 3 nitrogen and oxygen atoms in total. The lowest BCUT2D eigenvalue weighted by Gasteiger charge is -2.16. The summed E-state index contributed by atoms with van der Waals surface area (Å²) in [6.07, 6.45) is 0.973. The molecule has 0 bridgehead atoms. The van der Waals surface area contributed by atoms with Crippen molar-refractivity contribution in [2.75, 3.05) is 0 Å². The normalized spacial score (nSPS) is 12.1. The lowest BCUT2D eigenvalue weighted by Crippen LogP contribution is -2.06. The monoisotopic (exact) mass is 270 g/mol. The first-order chi connectivity index (χ1) is 9.52. The predicted octanol–water partition coefficient (Wildman–Crippen LogP) is 3.80. The van der Waals surface area contributed by atoms with Gasteiger partial charge in [-0.05, 0) is 41.3 Å². The molecular weight excluding hydrogens is 252 g/mol. The third-order valence-corrected chi connectivity index (χ3v) is 3.62. The highest BCUT2D eigenvalue weighted by Gasteiger charge is 2.17. The SMILES string of the molecule is CCc1ccc(C(C)c2cc(O)ccc2C(=O)O)cc1. The molecule has 2 N–H and O–H groups in total. The fourth-order valence-electron chi connectivity index (χ4n) is 2.32. The zero-order chi connectivity index (χ0) is 14.7. The first kappa shape index (κ1) is 14.1. The molecule has 0 spiro atoms. The van der Waals surface area contributed by atoms with Crippen LogP contribution in [0.5, 0.6) is 5.75 Å². The molecule has 0 aromatic heterocycles. The molecule has 104 valence electrons. The fourth-order valence-corrected chi connectivity index (χ4v) is 2.32. The van der Waals surface area contributed by atoms with Crippen LogP contribution in [0, 0.1) is 0 Å². The first-order valence-corrected chi connectivity index (χ1v) is 6.68. The Hall–Kier alpha value is -2.29. The van der Waals surface area contributed by atoms with E-state index in [1.54, 1.807) is 0 Å². The average Bonchev–Trinajstić information content (AvgIpc) is 2.46. The Morgan fingerprint density at radius 3 is 2.35 bits per heavy atom. The quantitative estimate of drug-likeness (QED) is 0.888. The van der Waals surface area contributed by atoms with Crippen molar-refractivity contribution in [2.24, 2.45) is 0 Å². The summed E-state index contributed by atoms with van der Waals surface area (Å²) in [5.74, 6) is -0.974. The number of phenols is 1. The molecule has 3 heteroatoms. The Labute approximate surface area is 118 Å². The number of rotatable bonds is 4. The van der Waals surface area contributed by atoms with Crippen molar-refractivity contribution in [1.29, 1.82) is 0 Å². The lowest BCUT2D eigenvalue weighted by molar-refractivity contribution is 0.0695. The minimum absolute atomic E-state index is 0.0842. The van der Waals surface area contributed by atoms with E-state index in [2.05, 4.69) is 19.1 Å². The summed E-state index contributed by atoms with van der Waals surface area (Å²) in [7, 11) is 0. The molecule has 1 atom stereocenters. The van der Waals surface area contributed by atoms with Gasteiger partial charge < -0.3 is 10.2 Å². The molecule has 0 radical (unpaired) electrons. The lowest BCUT2D eigenvalue weighted by atomic mass is 9.89. The van der Waals surface area contributed by atoms with Gasteiger partial charge in [-0.3, -0.25) is 0 Å². The maximum absolute atomic E-state index is 11.3. The topological polar surface area (TPSA) is 57.5 Å². The van der Waals surface area contributed by atoms with Crippen LogP contribution in [0.25, 0.3) is 0 Å². The predicted molar refractivity (Wildman–Crippen MR) is 78.4 cm³/mol. The van der Waals surface area contributed by atoms with E-state index < -0.39 is 5.97 Å². The summed E-state index contributed by atoms with van der Waals surface area (Å²) in [5, 5.41) is 18.9. The van der Waals surface area contributed by atoms with Crippen LogP contribution in [0.15, 0.2) is 42.5 Å². The van der Waals surface area contributed by atoms with Gasteiger partial charge in [-0.15, -0.1) is 0 Å². The van der Waals surface area contributed by atoms with Gasteiger partial charge in [-0.2, -0.15) is 0 Å². The molecule has 1 unspecified atom stereocenters. The van der Waals surface area contributed by atoms with E-state index in [4.69, 9.17) is 0 Å². The highest BCUT2D eigenvalue weighted by molar-refractivity contribution is 5.90. The van der Waals surface area contributed by atoms with Gasteiger partial charge in [0, 0.05) is 5.92 Å². The number of aromatic carboxylic acids is 1. The van der Waals surface area contributed by atoms with Gasteiger partial charge >= 0.3 is 5.97 Å². The molecule has 0 amide bonds. The Morgan fingerprint density at radius 1 is 1.15 bits per heavy atom. The summed E-state index contributed by atoms with van der Waals surface area (Å²) in [6, 6.07) is 12.5. The number of phenolic OH excluding ortho intramolecular Hbond substituents is 1. The van der Waals surface area contributed by atoms with E-state index in [1.165, 1.54) is 23.8 Å². The summed E-state index contributed by atoms with van der Waals surface area (Å²) in [6.45, 7) is 4.04. The van der Waals surface area contributed by atoms with Crippen molar-refractivity contribution in [3.8, 4) is 5.75 Å². The van der Waals surface area contributed by atoms with Crippen LogP contribution in [0.4, 0.5) is 0 Å². The highest BCUT2D eigenvalue weighted by Crippen LogP contribution is 2.30. The van der Waals surface area contributed by atoms with Crippen molar-refractivity contribution < 1.29 is 15.0 Å². The number of carboxylic acid groups (broad SMARTS) is 1. The van der Waals surface area contributed by atoms with Crippen molar-refractivity contribution in [3.63, 3.8) is 0 Å². The van der Waals surface area contributed by atoms with E-state index in [1.807, 2.05) is 19.1 Å². The van der Waals surface area contributed by atoms with Gasteiger partial charge in [0.15, 0.2) is 0 Å². The van der Waals surface area contributed by atoms with Crippen LogP contribution in [0.1, 0.15) is 46.8 Å². The van der Waals surface area contributed by atoms with Gasteiger partial charge in [-0.25, -0.2) is 4.79 Å². The molecule has 2 rings (SSSR count). The van der Waals surface area contributed by atoms with E-state index in [9.17, 15) is 15.0 Å². The van der Waals surface area contributed by atoms with Crippen LogP contribution >= 0.6 is 0 Å². The average molecular weight is 270 g/mol. The second-order valence-corrected chi connectivity index (χ2v) is 4.89. The standard InChI is InChI=1S/C17H18O3/c1-3-12-4-6-13(7-5-12)11(2)16-10-14(18)8-9-15(16)17(19)20/h4-11,18H,3H2,1-2H3,(H,19,20). The third kappa shape index (κ3) is 2.82. The van der Waals surface area contributed by atoms with E-state index in [-0.39, 0.29) is 17.2 Å². The van der Waals surface area contributed by atoms with Gasteiger partial charge in [0.2, 0.25) is 0 Å². The number of carboxylic acids is 1. The third-order valence-electron chi connectivity index (χ3n) is 3.62. The second kappa shape index (κ2) is 5.78. The van der Waals surface area contributed by atoms with Crippen LogP contribution in [-0.2, 0) is 6.42 Å². The number of aryl methyl sites for hydroxylation is 1. The van der Waals surface area contributed by atoms with Gasteiger partial charge in [0.25, 0.3) is 0 Å². The van der Waals surface area contributed by atoms with Crippen LogP contribution in [-0.4, -0.2) is 16.2 Å². The maximum atomic E-state index is 11.3. The second-order valence-electron chi connectivity index (χ2n) is 4.89. The Kier molecular flexibility index (Phi) is 4.08. The minimum Gasteiger partial charge on any atom is -0.508 e. The summed E-state index contributed by atoms with van der Waals surface area (Å²) >= 11 is 0. The van der Waals surface area contributed by atoms with E-state index >= 15 is 0 Å². The number of hydrogen-bond donors (Lipinski definition) is 2. The molecule has 0 fully saturated rings. The molecule has 0 aliphatic carbocycles. The summed E-state index contributed by atoms with van der Waals surface area (Å²) in [5.41, 5.74) is 3.14. The van der Waals surface area contributed by atoms with Crippen molar-refractivity contribution in [2.45, 2.75) is 26.2 Å². The first-order valence-electron chi connectivity index (χ1n) is 6.68.